The summed E-state index contributed by atoms with van der Waals surface area (Å²) in [7, 11) is 3.74. The standard InChI is InChI=1S/C11H17N3OS/c1-8(14(2)3)11(15)13-10-6-5-9(16-4)7-12-10/h5-8H,1-4H3,(H,12,13,15). The molecule has 1 aromatic heterocycles. The zero-order valence-electron chi connectivity index (χ0n) is 10.0. The van der Waals surface area contributed by atoms with E-state index in [9.17, 15) is 4.79 Å². The second-order valence-electron chi connectivity index (χ2n) is 3.71. The number of aromatic nitrogens is 1. The number of hydrogen-bond acceptors (Lipinski definition) is 4. The minimum atomic E-state index is -0.165. The molecule has 0 aromatic carbocycles. The summed E-state index contributed by atoms with van der Waals surface area (Å²) in [5.74, 6) is 0.547. The molecule has 1 aromatic rings. The molecule has 88 valence electrons. The number of anilines is 1. The van der Waals surface area contributed by atoms with Crippen molar-refractivity contribution in [2.24, 2.45) is 0 Å². The molecule has 0 aliphatic heterocycles. The number of nitrogens with zero attached hydrogens (tertiary/aromatic N) is 2. The van der Waals surface area contributed by atoms with Crippen LogP contribution in [0.15, 0.2) is 23.2 Å². The summed E-state index contributed by atoms with van der Waals surface area (Å²) in [5, 5.41) is 2.77. The first-order chi connectivity index (χ1) is 7.54. The molecule has 1 amide bonds. The van der Waals surface area contributed by atoms with Gasteiger partial charge in [0, 0.05) is 11.1 Å². The van der Waals surface area contributed by atoms with Gasteiger partial charge in [0.1, 0.15) is 5.82 Å². The Balaban J connectivity index is 2.62. The van der Waals surface area contributed by atoms with Gasteiger partial charge in [0.05, 0.1) is 6.04 Å². The molecule has 1 atom stereocenters. The van der Waals surface area contributed by atoms with Gasteiger partial charge in [-0.25, -0.2) is 4.98 Å². The van der Waals surface area contributed by atoms with Crippen molar-refractivity contribution in [2.45, 2.75) is 17.9 Å². The SMILES string of the molecule is CSc1ccc(NC(=O)C(C)N(C)C)nc1. The van der Waals surface area contributed by atoms with Crippen LogP contribution in [-0.4, -0.2) is 42.2 Å². The Morgan fingerprint density at radius 3 is 2.62 bits per heavy atom. The second kappa shape index (κ2) is 5.86. The minimum Gasteiger partial charge on any atom is -0.309 e. The molecule has 0 radical (unpaired) electrons. The molecule has 16 heavy (non-hydrogen) atoms. The lowest BCUT2D eigenvalue weighted by Crippen LogP contribution is -2.37. The third-order valence-corrected chi connectivity index (χ3v) is 3.09. The molecule has 0 aliphatic rings. The minimum absolute atomic E-state index is 0.0469. The van der Waals surface area contributed by atoms with E-state index in [1.165, 1.54) is 0 Å². The molecule has 0 bridgehead atoms. The zero-order valence-corrected chi connectivity index (χ0v) is 10.8. The average Bonchev–Trinajstić information content (AvgIpc) is 2.28. The fourth-order valence-electron chi connectivity index (χ4n) is 1.04. The van der Waals surface area contributed by atoms with Crippen LogP contribution in [0.1, 0.15) is 6.92 Å². The van der Waals surface area contributed by atoms with Crippen LogP contribution in [0, 0.1) is 0 Å². The fraction of sp³-hybridized carbons (Fsp3) is 0.455. The lowest BCUT2D eigenvalue weighted by atomic mass is 10.3. The maximum absolute atomic E-state index is 11.7. The highest BCUT2D eigenvalue weighted by Gasteiger charge is 2.14. The first-order valence-electron chi connectivity index (χ1n) is 5.02. The van der Waals surface area contributed by atoms with E-state index in [1.807, 2.05) is 44.3 Å². The van der Waals surface area contributed by atoms with E-state index in [4.69, 9.17) is 0 Å². The van der Waals surface area contributed by atoms with Crippen LogP contribution in [0.5, 0.6) is 0 Å². The third kappa shape index (κ3) is 3.50. The Bertz CT molecular complexity index is 351. The number of carbonyl (C=O) groups excluding carboxylic acids is 1. The van der Waals surface area contributed by atoms with Crippen LogP contribution in [0.3, 0.4) is 0 Å². The average molecular weight is 239 g/mol. The molecule has 0 saturated heterocycles. The van der Waals surface area contributed by atoms with Gasteiger partial charge in [-0.1, -0.05) is 0 Å². The van der Waals surface area contributed by atoms with E-state index in [2.05, 4.69) is 10.3 Å². The van der Waals surface area contributed by atoms with Crippen molar-refractivity contribution in [2.75, 3.05) is 25.7 Å². The molecule has 0 aliphatic carbocycles. The van der Waals surface area contributed by atoms with Crippen molar-refractivity contribution in [3.8, 4) is 0 Å². The summed E-state index contributed by atoms with van der Waals surface area (Å²) in [6, 6.07) is 3.58. The smallest absolute Gasteiger partial charge is 0.242 e. The number of hydrogen-bond donors (Lipinski definition) is 1. The molecule has 1 heterocycles. The third-order valence-electron chi connectivity index (χ3n) is 2.38. The lowest BCUT2D eigenvalue weighted by molar-refractivity contribution is -0.119. The summed E-state index contributed by atoms with van der Waals surface area (Å²) in [5.41, 5.74) is 0. The Hall–Kier alpha value is -1.07. The first-order valence-corrected chi connectivity index (χ1v) is 6.24. The van der Waals surface area contributed by atoms with Crippen LogP contribution in [0.4, 0.5) is 5.82 Å². The lowest BCUT2D eigenvalue weighted by Gasteiger charge is -2.18. The topological polar surface area (TPSA) is 45.2 Å². The van der Waals surface area contributed by atoms with E-state index in [-0.39, 0.29) is 11.9 Å². The highest BCUT2D eigenvalue weighted by atomic mass is 32.2. The summed E-state index contributed by atoms with van der Waals surface area (Å²) >= 11 is 1.62. The van der Waals surface area contributed by atoms with E-state index >= 15 is 0 Å². The first kappa shape index (κ1) is 13.0. The molecule has 0 spiro atoms. The second-order valence-corrected chi connectivity index (χ2v) is 4.59. The van der Waals surface area contributed by atoms with E-state index in [0.717, 1.165) is 4.90 Å². The Kier molecular flexibility index (Phi) is 4.76. The van der Waals surface area contributed by atoms with Crippen LogP contribution < -0.4 is 5.32 Å². The molecule has 1 N–H and O–H groups in total. The predicted octanol–water partition coefficient (Wildman–Crippen LogP) is 1.69. The molecular weight excluding hydrogens is 222 g/mol. The van der Waals surface area contributed by atoms with Gasteiger partial charge in [-0.3, -0.25) is 9.69 Å². The zero-order chi connectivity index (χ0) is 12.1. The van der Waals surface area contributed by atoms with Gasteiger partial charge in [0.25, 0.3) is 0 Å². The van der Waals surface area contributed by atoms with Gasteiger partial charge in [-0.15, -0.1) is 11.8 Å². The van der Waals surface area contributed by atoms with Gasteiger partial charge in [0.2, 0.25) is 5.91 Å². The van der Waals surface area contributed by atoms with Crippen molar-refractivity contribution >= 4 is 23.5 Å². The Morgan fingerprint density at radius 1 is 1.50 bits per heavy atom. The van der Waals surface area contributed by atoms with Crippen LogP contribution in [-0.2, 0) is 4.79 Å². The van der Waals surface area contributed by atoms with Crippen LogP contribution >= 0.6 is 11.8 Å². The van der Waals surface area contributed by atoms with Crippen molar-refractivity contribution in [1.29, 1.82) is 0 Å². The molecule has 1 rings (SSSR count). The van der Waals surface area contributed by atoms with Gasteiger partial charge in [-0.2, -0.15) is 0 Å². The van der Waals surface area contributed by atoms with E-state index in [0.29, 0.717) is 5.82 Å². The number of pyridine rings is 1. The molecule has 0 fully saturated rings. The number of likely N-dealkylation sites (N-methyl/N-ethyl adjacent to an activating group) is 1. The maximum Gasteiger partial charge on any atom is 0.242 e. The largest absolute Gasteiger partial charge is 0.309 e. The summed E-state index contributed by atoms with van der Waals surface area (Å²) in [4.78, 5) is 18.8. The number of thioether (sulfide) groups is 1. The number of amides is 1. The van der Waals surface area contributed by atoms with Gasteiger partial charge >= 0.3 is 0 Å². The van der Waals surface area contributed by atoms with Gasteiger partial charge in [0.15, 0.2) is 0 Å². The molecular formula is C11H17N3OS. The number of nitrogens with one attached hydrogen (secondary N) is 1. The summed E-state index contributed by atoms with van der Waals surface area (Å²) in [6.45, 7) is 1.85. The summed E-state index contributed by atoms with van der Waals surface area (Å²) in [6.07, 6.45) is 3.74. The van der Waals surface area contributed by atoms with Crippen LogP contribution in [0.25, 0.3) is 0 Å². The number of rotatable bonds is 4. The normalized spacial score (nSPS) is 12.6. The molecule has 4 nitrogen and oxygen atoms in total. The highest BCUT2D eigenvalue weighted by Crippen LogP contribution is 2.14. The van der Waals surface area contributed by atoms with Crippen molar-refractivity contribution in [3.05, 3.63) is 18.3 Å². The molecule has 0 saturated carbocycles. The van der Waals surface area contributed by atoms with Gasteiger partial charge < -0.3 is 5.32 Å². The Morgan fingerprint density at radius 2 is 2.19 bits per heavy atom. The van der Waals surface area contributed by atoms with Crippen LogP contribution in [0.2, 0.25) is 0 Å². The van der Waals surface area contributed by atoms with E-state index in [1.54, 1.807) is 18.0 Å². The molecule has 1 unspecified atom stereocenters. The van der Waals surface area contributed by atoms with Gasteiger partial charge in [-0.05, 0) is 39.4 Å². The van der Waals surface area contributed by atoms with Crippen molar-refractivity contribution in [1.82, 2.24) is 9.88 Å². The van der Waals surface area contributed by atoms with Crippen molar-refractivity contribution in [3.63, 3.8) is 0 Å². The highest BCUT2D eigenvalue weighted by molar-refractivity contribution is 7.98. The Labute approximate surface area is 100 Å². The number of carbonyl (C=O) groups is 1. The van der Waals surface area contributed by atoms with E-state index < -0.39 is 0 Å². The predicted molar refractivity (Wildman–Crippen MR) is 67.8 cm³/mol. The monoisotopic (exact) mass is 239 g/mol. The summed E-state index contributed by atoms with van der Waals surface area (Å²) < 4.78 is 0. The maximum atomic E-state index is 11.7. The quantitative estimate of drug-likeness (QED) is 0.812. The molecule has 5 heteroatoms. The fourth-order valence-corrected chi connectivity index (χ4v) is 1.40. The van der Waals surface area contributed by atoms with Crippen molar-refractivity contribution < 1.29 is 4.79 Å².